The SMILES string of the molecule is O=CC1C=CC=NC=C1.[H+]. The van der Waals surface area contributed by atoms with Crippen LogP contribution in [0.25, 0.3) is 0 Å². The molecule has 1 unspecified atom stereocenters. The van der Waals surface area contributed by atoms with Crippen LogP contribution in [0.1, 0.15) is 1.43 Å². The van der Waals surface area contributed by atoms with E-state index in [1.54, 1.807) is 30.6 Å². The lowest BCUT2D eigenvalue weighted by molar-refractivity contribution is -0.108. The molecular weight excluding hydrogens is 114 g/mol. The van der Waals surface area contributed by atoms with Crippen LogP contribution in [0, 0.1) is 5.92 Å². The quantitative estimate of drug-likeness (QED) is 0.478. The third-order valence-corrected chi connectivity index (χ3v) is 1.06. The van der Waals surface area contributed by atoms with Crippen LogP contribution < -0.4 is 0 Å². The van der Waals surface area contributed by atoms with Gasteiger partial charge in [-0.05, 0) is 6.08 Å². The second kappa shape index (κ2) is 2.97. The van der Waals surface area contributed by atoms with E-state index in [0.717, 1.165) is 6.29 Å². The highest BCUT2D eigenvalue weighted by Gasteiger charge is 1.95. The average molecular weight is 122 g/mol. The molecule has 0 saturated heterocycles. The van der Waals surface area contributed by atoms with E-state index in [9.17, 15) is 4.79 Å². The van der Waals surface area contributed by atoms with Gasteiger partial charge in [0.05, 0.1) is 5.92 Å². The highest BCUT2D eigenvalue weighted by molar-refractivity contribution is 5.74. The molecule has 9 heavy (non-hydrogen) atoms. The van der Waals surface area contributed by atoms with Gasteiger partial charge in [-0.3, -0.25) is 4.99 Å². The smallest absolute Gasteiger partial charge is 0.302 e. The molecule has 46 valence electrons. The van der Waals surface area contributed by atoms with Gasteiger partial charge in [-0.2, -0.15) is 0 Å². The van der Waals surface area contributed by atoms with Crippen LogP contribution in [0.3, 0.4) is 0 Å². The molecular formula is C7H8NO+. The van der Waals surface area contributed by atoms with E-state index in [4.69, 9.17) is 0 Å². The Bertz CT molecular complexity index is 168. The Morgan fingerprint density at radius 3 is 3.22 bits per heavy atom. The normalized spacial score (nSPS) is 23.8. The summed E-state index contributed by atoms with van der Waals surface area (Å²) < 4.78 is 0. The molecule has 0 aliphatic carbocycles. The van der Waals surface area contributed by atoms with Crippen LogP contribution in [-0.2, 0) is 4.79 Å². The maximum Gasteiger partial charge on any atom is 1.00 e. The van der Waals surface area contributed by atoms with E-state index in [0.29, 0.717) is 0 Å². The molecule has 1 aliphatic heterocycles. The number of nitrogens with zero attached hydrogens (tertiary/aromatic N) is 1. The zero-order chi connectivity index (χ0) is 6.53. The van der Waals surface area contributed by atoms with E-state index in [2.05, 4.69) is 4.99 Å². The molecule has 0 amide bonds. The number of carbonyl (C=O) groups is 1. The Morgan fingerprint density at radius 1 is 1.56 bits per heavy atom. The van der Waals surface area contributed by atoms with Crippen LogP contribution >= 0.6 is 0 Å². The molecule has 0 bridgehead atoms. The van der Waals surface area contributed by atoms with Crippen LogP contribution in [-0.4, -0.2) is 12.5 Å². The zero-order valence-electron chi connectivity index (χ0n) is 5.90. The molecule has 0 aromatic carbocycles. The topological polar surface area (TPSA) is 29.4 Å². The summed E-state index contributed by atoms with van der Waals surface area (Å²) in [6, 6.07) is 0. The number of rotatable bonds is 1. The molecule has 0 saturated carbocycles. The molecule has 0 aromatic rings. The second-order valence-electron chi connectivity index (χ2n) is 1.74. The summed E-state index contributed by atoms with van der Waals surface area (Å²) in [5.74, 6) is -0.0903. The number of aliphatic imine (C=N–C) groups is 1. The van der Waals surface area contributed by atoms with Gasteiger partial charge in [-0.1, -0.05) is 12.2 Å². The molecule has 0 fully saturated rings. The maximum absolute atomic E-state index is 10.2. The number of hydrogen-bond donors (Lipinski definition) is 0. The predicted molar refractivity (Wildman–Crippen MR) is 37.4 cm³/mol. The Hall–Kier alpha value is -1.18. The molecule has 0 aromatic heterocycles. The Kier molecular flexibility index (Phi) is 1.96. The molecule has 0 radical (unpaired) electrons. The van der Waals surface area contributed by atoms with Crippen LogP contribution in [0.2, 0.25) is 0 Å². The van der Waals surface area contributed by atoms with Crippen molar-refractivity contribution in [1.29, 1.82) is 0 Å². The Labute approximate surface area is 55.1 Å². The minimum Gasteiger partial charge on any atom is -0.302 e. The molecule has 1 aliphatic rings. The van der Waals surface area contributed by atoms with Gasteiger partial charge in [0.15, 0.2) is 0 Å². The Morgan fingerprint density at radius 2 is 2.44 bits per heavy atom. The third-order valence-electron chi connectivity index (χ3n) is 1.06. The first kappa shape index (κ1) is 5.95. The van der Waals surface area contributed by atoms with Crippen molar-refractivity contribution < 1.29 is 6.22 Å². The lowest BCUT2D eigenvalue weighted by Crippen LogP contribution is -1.89. The summed E-state index contributed by atoms with van der Waals surface area (Å²) in [5, 5.41) is 0. The monoisotopic (exact) mass is 122 g/mol. The predicted octanol–water partition coefficient (Wildman–Crippen LogP) is 1.07. The van der Waals surface area contributed by atoms with Gasteiger partial charge in [-0.15, -0.1) is 0 Å². The molecule has 0 N–H and O–H groups in total. The molecule has 0 spiro atoms. The van der Waals surface area contributed by atoms with Crippen molar-refractivity contribution in [3.05, 3.63) is 24.4 Å². The summed E-state index contributed by atoms with van der Waals surface area (Å²) >= 11 is 0. The van der Waals surface area contributed by atoms with Crippen LogP contribution in [0.15, 0.2) is 29.4 Å². The van der Waals surface area contributed by atoms with E-state index in [1.165, 1.54) is 0 Å². The van der Waals surface area contributed by atoms with Gasteiger partial charge in [0.2, 0.25) is 0 Å². The standard InChI is InChI=1S/C7H7NO/c9-6-7-2-1-4-8-5-3-7/h1-7H/p+1. The van der Waals surface area contributed by atoms with E-state index >= 15 is 0 Å². The highest BCUT2D eigenvalue weighted by atomic mass is 16.1. The number of hydrogen-bond acceptors (Lipinski definition) is 2. The van der Waals surface area contributed by atoms with Crippen molar-refractivity contribution in [3.8, 4) is 0 Å². The third kappa shape index (κ3) is 1.64. The van der Waals surface area contributed by atoms with Gasteiger partial charge in [0.25, 0.3) is 0 Å². The zero-order valence-corrected chi connectivity index (χ0v) is 4.90. The van der Waals surface area contributed by atoms with Crippen LogP contribution in [0.4, 0.5) is 0 Å². The largest absolute Gasteiger partial charge is 1.00 e. The van der Waals surface area contributed by atoms with Gasteiger partial charge in [-0.25, -0.2) is 0 Å². The summed E-state index contributed by atoms with van der Waals surface area (Å²) in [5.41, 5.74) is 0. The summed E-state index contributed by atoms with van der Waals surface area (Å²) in [6.45, 7) is 0. The van der Waals surface area contributed by atoms with Crippen molar-refractivity contribution in [2.75, 3.05) is 0 Å². The molecule has 1 atom stereocenters. The first-order valence-corrected chi connectivity index (χ1v) is 2.75. The average Bonchev–Trinajstić information content (AvgIpc) is 2.13. The van der Waals surface area contributed by atoms with E-state index in [1.807, 2.05) is 0 Å². The summed E-state index contributed by atoms with van der Waals surface area (Å²) in [6.07, 6.45) is 9.45. The van der Waals surface area contributed by atoms with Crippen molar-refractivity contribution in [2.45, 2.75) is 0 Å². The van der Waals surface area contributed by atoms with Gasteiger partial charge < -0.3 is 4.79 Å². The first-order chi connectivity index (χ1) is 4.43. The second-order valence-corrected chi connectivity index (χ2v) is 1.74. The molecule has 2 nitrogen and oxygen atoms in total. The van der Waals surface area contributed by atoms with E-state index < -0.39 is 0 Å². The number of aldehydes is 1. The Balaban J connectivity index is 0.000000810. The number of carbonyl (C=O) groups excluding carboxylic acids is 1. The minimum absolute atomic E-state index is 0. The van der Waals surface area contributed by atoms with Crippen molar-refractivity contribution >= 4 is 12.5 Å². The molecule has 2 heteroatoms. The fraction of sp³-hybridized carbons (Fsp3) is 0.143. The molecule has 1 heterocycles. The lowest BCUT2D eigenvalue weighted by atomic mass is 10.1. The van der Waals surface area contributed by atoms with E-state index in [-0.39, 0.29) is 7.34 Å². The van der Waals surface area contributed by atoms with Gasteiger partial charge >= 0.3 is 1.43 Å². The van der Waals surface area contributed by atoms with Crippen molar-refractivity contribution in [2.24, 2.45) is 10.9 Å². The minimum atomic E-state index is -0.0903. The first-order valence-electron chi connectivity index (χ1n) is 2.75. The molecule has 1 rings (SSSR count). The summed E-state index contributed by atoms with van der Waals surface area (Å²) in [4.78, 5) is 14.0. The van der Waals surface area contributed by atoms with Gasteiger partial charge in [0, 0.05) is 12.4 Å². The highest BCUT2D eigenvalue weighted by Crippen LogP contribution is 1.98. The van der Waals surface area contributed by atoms with Crippen molar-refractivity contribution in [3.63, 3.8) is 0 Å². The van der Waals surface area contributed by atoms with Crippen molar-refractivity contribution in [1.82, 2.24) is 0 Å². The fourth-order valence-electron chi connectivity index (χ4n) is 0.581. The fourth-order valence-corrected chi connectivity index (χ4v) is 0.581. The van der Waals surface area contributed by atoms with Crippen LogP contribution in [0.5, 0.6) is 0 Å². The van der Waals surface area contributed by atoms with Gasteiger partial charge in [0.1, 0.15) is 6.29 Å². The lowest BCUT2D eigenvalue weighted by Gasteiger charge is -1.88. The maximum atomic E-state index is 10.2. The number of allylic oxidation sites excluding steroid dienone is 3. The summed E-state index contributed by atoms with van der Waals surface area (Å²) in [7, 11) is 0.